The number of hydrogen-bond donors (Lipinski definition) is 2. The highest BCUT2D eigenvalue weighted by molar-refractivity contribution is 5.83. The minimum absolute atomic E-state index is 0.0356. The Morgan fingerprint density at radius 3 is 2.15 bits per heavy atom. The molecule has 1 rings (SSSR count). The van der Waals surface area contributed by atoms with Gasteiger partial charge < -0.3 is 10.1 Å². The zero-order chi connectivity index (χ0) is 20.1. The number of nitrogens with one attached hydrogen (secondary N) is 2. The van der Waals surface area contributed by atoms with E-state index in [1.807, 2.05) is 20.8 Å². The summed E-state index contributed by atoms with van der Waals surface area (Å²) in [5.74, 6) is -0.268. The molecule has 1 aliphatic heterocycles. The lowest BCUT2D eigenvalue weighted by Gasteiger charge is -2.31. The predicted molar refractivity (Wildman–Crippen MR) is 102 cm³/mol. The van der Waals surface area contributed by atoms with E-state index >= 15 is 0 Å². The van der Waals surface area contributed by atoms with Crippen LogP contribution in [0.5, 0.6) is 0 Å². The zero-order valence-corrected chi connectivity index (χ0v) is 17.3. The summed E-state index contributed by atoms with van der Waals surface area (Å²) in [5, 5.41) is 6.30. The highest BCUT2D eigenvalue weighted by Gasteiger charge is 2.45. The summed E-state index contributed by atoms with van der Waals surface area (Å²) in [7, 11) is 0. The molecular weight excluding hydrogens is 332 g/mol. The third kappa shape index (κ3) is 6.71. The number of ether oxygens (including phenoxy) is 1. The van der Waals surface area contributed by atoms with E-state index in [-0.39, 0.29) is 35.7 Å². The molecule has 6 heteroatoms. The van der Waals surface area contributed by atoms with Crippen LogP contribution in [0.15, 0.2) is 0 Å². The third-order valence-corrected chi connectivity index (χ3v) is 5.09. The summed E-state index contributed by atoms with van der Waals surface area (Å²) in [6, 6.07) is -0.959. The fourth-order valence-electron chi connectivity index (χ4n) is 3.71. The van der Waals surface area contributed by atoms with Crippen LogP contribution >= 0.6 is 0 Å². The lowest BCUT2D eigenvalue weighted by Crippen LogP contribution is -2.53. The van der Waals surface area contributed by atoms with E-state index in [1.165, 1.54) is 6.92 Å². The summed E-state index contributed by atoms with van der Waals surface area (Å²) in [6.45, 7) is 12.8. The Bertz CT molecular complexity index is 508. The van der Waals surface area contributed by atoms with Crippen LogP contribution in [-0.4, -0.2) is 41.4 Å². The molecule has 0 radical (unpaired) electrons. The SMILES string of the molecule is CCC(CC)C[C@H](NC(C)=O)[C@@H]1N[C@@H](C(=O)OC(C)(C)C)C[C@H]1C(C)=O. The van der Waals surface area contributed by atoms with Crippen LogP contribution in [-0.2, 0) is 19.1 Å². The molecule has 150 valence electrons. The largest absolute Gasteiger partial charge is 0.459 e. The van der Waals surface area contributed by atoms with Crippen LogP contribution in [0.4, 0.5) is 0 Å². The molecule has 0 aromatic rings. The first-order valence-electron chi connectivity index (χ1n) is 9.74. The Balaban J connectivity index is 3.00. The first-order valence-corrected chi connectivity index (χ1v) is 9.74. The van der Waals surface area contributed by atoms with E-state index < -0.39 is 11.6 Å². The van der Waals surface area contributed by atoms with Gasteiger partial charge in [0.25, 0.3) is 0 Å². The Kier molecular flexibility index (Phi) is 8.25. The average molecular weight is 369 g/mol. The van der Waals surface area contributed by atoms with Crippen LogP contribution < -0.4 is 10.6 Å². The summed E-state index contributed by atoms with van der Waals surface area (Å²) in [4.78, 5) is 36.4. The van der Waals surface area contributed by atoms with E-state index in [2.05, 4.69) is 24.5 Å². The molecule has 1 saturated heterocycles. The van der Waals surface area contributed by atoms with Gasteiger partial charge in [-0.3, -0.25) is 19.7 Å². The van der Waals surface area contributed by atoms with Crippen LogP contribution in [0.2, 0.25) is 0 Å². The molecule has 2 N–H and O–H groups in total. The van der Waals surface area contributed by atoms with E-state index in [9.17, 15) is 14.4 Å². The normalized spacial score (nSPS) is 24.4. The maximum absolute atomic E-state index is 12.5. The third-order valence-electron chi connectivity index (χ3n) is 5.09. The van der Waals surface area contributed by atoms with Crippen molar-refractivity contribution in [2.45, 2.75) is 97.9 Å². The van der Waals surface area contributed by atoms with Crippen molar-refractivity contribution < 1.29 is 19.1 Å². The van der Waals surface area contributed by atoms with Gasteiger partial charge in [0, 0.05) is 24.9 Å². The molecule has 0 bridgehead atoms. The van der Waals surface area contributed by atoms with Crippen molar-refractivity contribution in [3.63, 3.8) is 0 Å². The van der Waals surface area contributed by atoms with Crippen molar-refractivity contribution in [1.29, 1.82) is 0 Å². The first kappa shape index (κ1) is 22.6. The Hall–Kier alpha value is -1.43. The summed E-state index contributed by atoms with van der Waals surface area (Å²) in [6.07, 6.45) is 3.22. The summed E-state index contributed by atoms with van der Waals surface area (Å²) >= 11 is 0. The Morgan fingerprint density at radius 2 is 1.73 bits per heavy atom. The molecule has 1 fully saturated rings. The molecule has 0 saturated carbocycles. The molecule has 1 amide bonds. The second kappa shape index (κ2) is 9.49. The number of carbonyl (C=O) groups is 3. The number of amides is 1. The fourth-order valence-corrected chi connectivity index (χ4v) is 3.71. The van der Waals surface area contributed by atoms with Crippen LogP contribution in [0.25, 0.3) is 0 Å². The lowest BCUT2D eigenvalue weighted by atomic mass is 9.84. The molecule has 0 spiro atoms. The maximum Gasteiger partial charge on any atom is 0.323 e. The minimum atomic E-state index is -0.574. The van der Waals surface area contributed by atoms with Crippen molar-refractivity contribution in [2.75, 3.05) is 0 Å². The number of hydrogen-bond acceptors (Lipinski definition) is 5. The van der Waals surface area contributed by atoms with Gasteiger partial charge in [-0.2, -0.15) is 0 Å². The standard InChI is InChI=1S/C20H36N2O4/c1-8-14(9-2)10-16(21-13(4)24)18-15(12(3)23)11-17(22-18)19(25)26-20(5,6)7/h14-18,22H,8-11H2,1-7H3,(H,21,24)/t15-,16-,17+,18+/m0/s1. The van der Waals surface area contributed by atoms with Gasteiger partial charge in [0.1, 0.15) is 17.4 Å². The molecule has 26 heavy (non-hydrogen) atoms. The van der Waals surface area contributed by atoms with Crippen molar-refractivity contribution in [1.82, 2.24) is 10.6 Å². The number of rotatable bonds is 8. The van der Waals surface area contributed by atoms with Crippen LogP contribution in [0.3, 0.4) is 0 Å². The second-order valence-corrected chi connectivity index (χ2v) is 8.46. The Morgan fingerprint density at radius 1 is 1.15 bits per heavy atom. The quantitative estimate of drug-likeness (QED) is 0.643. The van der Waals surface area contributed by atoms with Crippen molar-refractivity contribution >= 4 is 17.7 Å². The number of carbonyl (C=O) groups excluding carboxylic acids is 3. The lowest BCUT2D eigenvalue weighted by molar-refractivity contribution is -0.157. The summed E-state index contributed by atoms with van der Waals surface area (Å²) in [5.41, 5.74) is -0.574. The van der Waals surface area contributed by atoms with E-state index in [0.29, 0.717) is 12.3 Å². The topological polar surface area (TPSA) is 84.5 Å². The van der Waals surface area contributed by atoms with Gasteiger partial charge in [-0.25, -0.2) is 0 Å². The van der Waals surface area contributed by atoms with Crippen molar-refractivity contribution in [2.24, 2.45) is 11.8 Å². The Labute approximate surface area is 157 Å². The molecule has 4 atom stereocenters. The van der Waals surface area contributed by atoms with E-state index in [4.69, 9.17) is 4.74 Å². The number of esters is 1. The van der Waals surface area contributed by atoms with E-state index in [1.54, 1.807) is 6.92 Å². The molecule has 0 aliphatic carbocycles. The van der Waals surface area contributed by atoms with Gasteiger partial charge >= 0.3 is 5.97 Å². The fraction of sp³-hybridized carbons (Fsp3) is 0.850. The van der Waals surface area contributed by atoms with Gasteiger partial charge in [0.15, 0.2) is 0 Å². The molecule has 1 aliphatic rings. The van der Waals surface area contributed by atoms with Gasteiger partial charge in [-0.1, -0.05) is 26.7 Å². The van der Waals surface area contributed by atoms with Crippen LogP contribution in [0.1, 0.15) is 74.1 Å². The number of Topliss-reactive ketones (excluding diaryl/α,β-unsaturated/α-hetero) is 1. The monoisotopic (exact) mass is 368 g/mol. The summed E-state index contributed by atoms with van der Waals surface area (Å²) < 4.78 is 5.48. The minimum Gasteiger partial charge on any atom is -0.459 e. The zero-order valence-electron chi connectivity index (χ0n) is 17.3. The van der Waals surface area contributed by atoms with E-state index in [0.717, 1.165) is 19.3 Å². The van der Waals surface area contributed by atoms with Crippen molar-refractivity contribution in [3.8, 4) is 0 Å². The molecule has 6 nitrogen and oxygen atoms in total. The predicted octanol–water partition coefficient (Wildman–Crippen LogP) is 2.59. The van der Waals surface area contributed by atoms with Gasteiger partial charge in [0.2, 0.25) is 5.91 Å². The molecule has 0 aromatic carbocycles. The highest BCUT2D eigenvalue weighted by atomic mass is 16.6. The number of ketones is 1. The van der Waals surface area contributed by atoms with Crippen LogP contribution in [0, 0.1) is 11.8 Å². The smallest absolute Gasteiger partial charge is 0.323 e. The molecular formula is C20H36N2O4. The molecule has 0 unspecified atom stereocenters. The molecule has 1 heterocycles. The average Bonchev–Trinajstić information content (AvgIpc) is 2.95. The van der Waals surface area contributed by atoms with Crippen molar-refractivity contribution in [3.05, 3.63) is 0 Å². The van der Waals surface area contributed by atoms with Gasteiger partial charge in [0.05, 0.1) is 0 Å². The maximum atomic E-state index is 12.5. The highest BCUT2D eigenvalue weighted by Crippen LogP contribution is 2.29. The molecule has 0 aromatic heterocycles. The first-order chi connectivity index (χ1) is 12.0. The van der Waals surface area contributed by atoms with Gasteiger partial charge in [-0.15, -0.1) is 0 Å². The van der Waals surface area contributed by atoms with Gasteiger partial charge in [-0.05, 0) is 46.5 Å². The second-order valence-electron chi connectivity index (χ2n) is 8.46.